The van der Waals surface area contributed by atoms with Crippen molar-refractivity contribution in [1.82, 2.24) is 0 Å². The van der Waals surface area contributed by atoms with E-state index in [0.717, 1.165) is 0 Å². The summed E-state index contributed by atoms with van der Waals surface area (Å²) in [5, 5.41) is 0. The molecular weight excluding hydrogens is 925 g/mol. The minimum Gasteiger partial charge on any atom is -0.0654 e. The van der Waals surface area contributed by atoms with Crippen molar-refractivity contribution in [2.24, 2.45) is 0 Å². The highest BCUT2D eigenvalue weighted by Crippen LogP contribution is 2.21. The van der Waals surface area contributed by atoms with Crippen LogP contribution in [0, 0.1) is 0 Å². The summed E-state index contributed by atoms with van der Waals surface area (Å²) in [6, 6.07) is 0. The molecule has 0 amide bonds. The predicted octanol–water partition coefficient (Wildman–Crippen LogP) is 30.3. The van der Waals surface area contributed by atoms with Gasteiger partial charge in [-0.3, -0.25) is 0 Å². The molecule has 0 aromatic carbocycles. The van der Waals surface area contributed by atoms with Crippen LogP contribution >= 0.6 is 0 Å². The number of unbranched alkanes of at least 4 members (excludes halogenated alkanes) is 74. The van der Waals surface area contributed by atoms with E-state index in [4.69, 9.17) is 0 Å². The maximum absolute atomic E-state index is 2.32. The van der Waals surface area contributed by atoms with Crippen LogP contribution in [0.1, 0.15) is 495 Å². The van der Waals surface area contributed by atoms with Crippen LogP contribution in [0.3, 0.4) is 0 Å². The molecule has 0 aromatic heterocycles. The van der Waals surface area contributed by atoms with Gasteiger partial charge < -0.3 is 0 Å². The van der Waals surface area contributed by atoms with Crippen molar-refractivity contribution in [2.75, 3.05) is 0 Å². The maximum Gasteiger partial charge on any atom is -0.0533 e. The highest BCUT2D eigenvalue weighted by atomic mass is 14.1. The Morgan fingerprint density at radius 3 is 0.143 bits per heavy atom. The summed E-state index contributed by atoms with van der Waals surface area (Å²) in [5.41, 5.74) is 0. The van der Waals surface area contributed by atoms with Crippen molar-refractivity contribution in [1.29, 1.82) is 0 Å². The SMILES string of the molecule is CCCCCCCCCCCCCCCCCCCCCCCCCCCCCCCCCCCCCCCCCCCCCCCCCCCCCCCCCCCCCCCCCCCCCCCCCCCCC. The number of hydrogen-bond acceptors (Lipinski definition) is 0. The van der Waals surface area contributed by atoms with Crippen LogP contribution in [-0.2, 0) is 0 Å². The van der Waals surface area contributed by atoms with Gasteiger partial charge in [0, 0.05) is 0 Å². The highest BCUT2D eigenvalue weighted by Gasteiger charge is 2.01. The summed E-state index contributed by atoms with van der Waals surface area (Å²) in [5.74, 6) is 0. The Morgan fingerprint density at radius 2 is 0.104 bits per heavy atom. The Bertz CT molecular complexity index is 860. The lowest BCUT2D eigenvalue weighted by Crippen LogP contribution is -1.85. The van der Waals surface area contributed by atoms with E-state index in [9.17, 15) is 0 Å². The third-order valence-corrected chi connectivity index (χ3v) is 18.7. The molecule has 0 radical (unpaired) electrons. The third-order valence-electron chi connectivity index (χ3n) is 18.7. The molecule has 0 saturated carbocycles. The molecule has 0 heterocycles. The molecule has 0 aliphatic heterocycles. The van der Waals surface area contributed by atoms with E-state index in [0.29, 0.717) is 0 Å². The third kappa shape index (κ3) is 76.0. The van der Waals surface area contributed by atoms with Crippen molar-refractivity contribution in [3.63, 3.8) is 0 Å². The predicted molar refractivity (Wildman–Crippen MR) is 358 cm³/mol. The van der Waals surface area contributed by atoms with Gasteiger partial charge in [-0.2, -0.15) is 0 Å². The van der Waals surface area contributed by atoms with Crippen LogP contribution in [0.5, 0.6) is 0 Å². The summed E-state index contributed by atoms with van der Waals surface area (Å²) in [6.45, 7) is 4.63. The first-order valence-corrected chi connectivity index (χ1v) is 38.4. The molecule has 0 atom stereocenters. The average molecular weight is 1080 g/mol. The maximum atomic E-state index is 2.32. The molecule has 464 valence electrons. The van der Waals surface area contributed by atoms with Gasteiger partial charge in [0.25, 0.3) is 0 Å². The Balaban J connectivity index is 3.08. The average Bonchev–Trinajstić information content (AvgIpc) is 3.44. The summed E-state index contributed by atoms with van der Waals surface area (Å²) in [4.78, 5) is 0. The van der Waals surface area contributed by atoms with Crippen LogP contribution in [0.25, 0.3) is 0 Å². The van der Waals surface area contributed by atoms with Crippen molar-refractivity contribution in [2.45, 2.75) is 495 Å². The molecule has 0 aliphatic rings. The molecule has 77 heavy (non-hydrogen) atoms. The molecular formula is C77H156. The lowest BCUT2D eigenvalue weighted by molar-refractivity contribution is 0.506. The smallest absolute Gasteiger partial charge is 0.0533 e. The zero-order chi connectivity index (χ0) is 55.0. The van der Waals surface area contributed by atoms with Crippen molar-refractivity contribution in [3.05, 3.63) is 0 Å². The second-order valence-electron chi connectivity index (χ2n) is 26.8. The molecule has 0 saturated heterocycles. The van der Waals surface area contributed by atoms with Crippen molar-refractivity contribution >= 4 is 0 Å². The zero-order valence-electron chi connectivity index (χ0n) is 55.0. The van der Waals surface area contributed by atoms with E-state index in [1.165, 1.54) is 482 Å². The van der Waals surface area contributed by atoms with Crippen LogP contribution < -0.4 is 0 Å². The normalized spacial score (nSPS) is 11.8. The Hall–Kier alpha value is 0. The lowest BCUT2D eigenvalue weighted by atomic mass is 10.0. The van der Waals surface area contributed by atoms with Crippen molar-refractivity contribution < 1.29 is 0 Å². The molecule has 0 rings (SSSR count). The fraction of sp³-hybridized carbons (Fsp3) is 1.00. The fourth-order valence-electron chi connectivity index (χ4n) is 13.1. The van der Waals surface area contributed by atoms with Gasteiger partial charge in [-0.1, -0.05) is 495 Å². The van der Waals surface area contributed by atoms with Crippen LogP contribution in [0.2, 0.25) is 0 Å². The summed E-state index contributed by atoms with van der Waals surface area (Å²) in [6.07, 6.45) is 112. The highest BCUT2D eigenvalue weighted by molar-refractivity contribution is 4.57. The largest absolute Gasteiger partial charge is 0.0654 e. The van der Waals surface area contributed by atoms with Gasteiger partial charge in [0.05, 0.1) is 0 Å². The quantitative estimate of drug-likeness (QED) is 0.0533. The summed E-state index contributed by atoms with van der Waals surface area (Å²) < 4.78 is 0. The van der Waals surface area contributed by atoms with E-state index < -0.39 is 0 Å². The molecule has 0 aliphatic carbocycles. The minimum atomic E-state index is 1.37. The fourth-order valence-corrected chi connectivity index (χ4v) is 13.1. The molecule has 0 nitrogen and oxygen atoms in total. The molecule has 0 spiro atoms. The summed E-state index contributed by atoms with van der Waals surface area (Å²) >= 11 is 0. The zero-order valence-corrected chi connectivity index (χ0v) is 55.0. The first-order chi connectivity index (χ1) is 38.4. The molecule has 0 N–H and O–H groups in total. The van der Waals surface area contributed by atoms with E-state index in [1.807, 2.05) is 0 Å². The second kappa shape index (κ2) is 76.0. The van der Waals surface area contributed by atoms with E-state index in [-0.39, 0.29) is 0 Å². The first-order valence-electron chi connectivity index (χ1n) is 38.4. The Kier molecular flexibility index (Phi) is 76.0. The van der Waals surface area contributed by atoms with Gasteiger partial charge in [-0.05, 0) is 0 Å². The standard InChI is InChI=1S/C77H156/c1-3-5-7-9-11-13-15-17-19-21-23-25-27-29-31-33-35-37-39-41-43-45-47-49-51-53-55-57-59-61-63-65-67-69-71-73-75-77-76-74-72-70-68-66-64-62-60-58-56-54-52-50-48-46-44-42-40-38-36-34-32-30-28-26-24-22-20-18-16-14-12-10-8-6-4-2/h3-77H2,1-2H3. The minimum absolute atomic E-state index is 1.37. The first kappa shape index (κ1) is 77.0. The molecule has 0 aromatic rings. The van der Waals surface area contributed by atoms with Gasteiger partial charge in [0.2, 0.25) is 0 Å². The number of hydrogen-bond donors (Lipinski definition) is 0. The molecule has 0 heteroatoms. The van der Waals surface area contributed by atoms with Crippen LogP contribution in [-0.4, -0.2) is 0 Å². The van der Waals surface area contributed by atoms with E-state index >= 15 is 0 Å². The van der Waals surface area contributed by atoms with Crippen LogP contribution in [0.4, 0.5) is 0 Å². The van der Waals surface area contributed by atoms with Gasteiger partial charge in [-0.25, -0.2) is 0 Å². The van der Waals surface area contributed by atoms with Crippen LogP contribution in [0.15, 0.2) is 0 Å². The van der Waals surface area contributed by atoms with Crippen molar-refractivity contribution in [3.8, 4) is 0 Å². The topological polar surface area (TPSA) is 0 Å². The van der Waals surface area contributed by atoms with E-state index in [2.05, 4.69) is 13.8 Å². The molecule has 0 unspecified atom stereocenters. The van der Waals surface area contributed by atoms with Gasteiger partial charge in [0.1, 0.15) is 0 Å². The monoisotopic (exact) mass is 1080 g/mol. The molecule has 0 fully saturated rings. The second-order valence-corrected chi connectivity index (χ2v) is 26.8. The Morgan fingerprint density at radius 1 is 0.0649 bits per heavy atom. The summed E-state index contributed by atoms with van der Waals surface area (Å²) in [7, 11) is 0. The van der Waals surface area contributed by atoms with Gasteiger partial charge in [-0.15, -0.1) is 0 Å². The molecule has 0 bridgehead atoms. The Labute approximate surface area is 492 Å². The lowest BCUT2D eigenvalue weighted by Gasteiger charge is -2.05. The van der Waals surface area contributed by atoms with Gasteiger partial charge >= 0.3 is 0 Å². The van der Waals surface area contributed by atoms with Gasteiger partial charge in [0.15, 0.2) is 0 Å². The number of rotatable bonds is 74. The van der Waals surface area contributed by atoms with E-state index in [1.54, 1.807) is 0 Å².